The fourth-order valence-corrected chi connectivity index (χ4v) is 2.23. The summed E-state index contributed by atoms with van der Waals surface area (Å²) in [5, 5.41) is 3.66. The van der Waals surface area contributed by atoms with E-state index in [2.05, 4.69) is 21.2 Å². The van der Waals surface area contributed by atoms with Crippen LogP contribution in [-0.4, -0.2) is 11.9 Å². The minimum absolute atomic E-state index is 0.156. The maximum atomic E-state index is 11.0. The lowest BCUT2D eigenvalue weighted by molar-refractivity contribution is -0.119. The van der Waals surface area contributed by atoms with Crippen LogP contribution in [0.25, 0.3) is 0 Å². The van der Waals surface area contributed by atoms with Crippen LogP contribution in [0.4, 0.5) is 0 Å². The van der Waals surface area contributed by atoms with Crippen LogP contribution in [0.5, 0.6) is 0 Å². The Hall–Kier alpha value is -0.540. The predicted molar refractivity (Wildman–Crippen MR) is 64.0 cm³/mol. The van der Waals surface area contributed by atoms with Gasteiger partial charge in [-0.2, -0.15) is 0 Å². The molecule has 0 spiro atoms. The van der Waals surface area contributed by atoms with Gasteiger partial charge in [0.15, 0.2) is 0 Å². The molecule has 1 unspecified atom stereocenters. The smallest absolute Gasteiger partial charge is 0.220 e. The number of benzene rings is 1. The van der Waals surface area contributed by atoms with Crippen LogP contribution in [0.3, 0.4) is 0 Å². The van der Waals surface area contributed by atoms with Crippen LogP contribution in [-0.2, 0) is 11.2 Å². The summed E-state index contributed by atoms with van der Waals surface area (Å²) in [6.45, 7) is 0. The van der Waals surface area contributed by atoms with Gasteiger partial charge in [0.2, 0.25) is 5.91 Å². The van der Waals surface area contributed by atoms with Gasteiger partial charge in [-0.1, -0.05) is 17.7 Å². The van der Waals surface area contributed by atoms with E-state index >= 15 is 0 Å². The summed E-state index contributed by atoms with van der Waals surface area (Å²) in [5.74, 6) is 0.156. The molecule has 1 aliphatic rings. The molecule has 1 fully saturated rings. The quantitative estimate of drug-likeness (QED) is 0.891. The number of carbonyl (C=O) groups excluding carboxylic acids is 1. The Bertz CT molecular complexity index is 394. The molecule has 4 heteroatoms. The van der Waals surface area contributed by atoms with Crippen LogP contribution in [0, 0.1) is 0 Å². The summed E-state index contributed by atoms with van der Waals surface area (Å²) in [6, 6.07) is 6.18. The Morgan fingerprint density at radius 1 is 1.53 bits per heavy atom. The van der Waals surface area contributed by atoms with Gasteiger partial charge in [0.05, 0.1) is 5.02 Å². The highest BCUT2D eigenvalue weighted by molar-refractivity contribution is 9.10. The zero-order valence-electron chi connectivity index (χ0n) is 8.09. The van der Waals surface area contributed by atoms with E-state index in [9.17, 15) is 4.79 Å². The van der Waals surface area contributed by atoms with Crippen molar-refractivity contribution >= 4 is 33.4 Å². The monoisotopic (exact) mass is 287 g/mol. The topological polar surface area (TPSA) is 29.1 Å². The van der Waals surface area contributed by atoms with Crippen LogP contribution in [0.2, 0.25) is 5.02 Å². The fourth-order valence-electron chi connectivity index (χ4n) is 1.78. The van der Waals surface area contributed by atoms with Gasteiger partial charge in [-0.25, -0.2) is 0 Å². The molecule has 15 heavy (non-hydrogen) atoms. The Kier molecular flexibility index (Phi) is 3.32. The van der Waals surface area contributed by atoms with E-state index < -0.39 is 0 Å². The summed E-state index contributed by atoms with van der Waals surface area (Å²) in [4.78, 5) is 11.0. The number of amides is 1. The Labute approximate surface area is 102 Å². The number of halogens is 2. The first-order valence-corrected chi connectivity index (χ1v) is 6.05. The number of carbonyl (C=O) groups is 1. The van der Waals surface area contributed by atoms with Gasteiger partial charge in [0.25, 0.3) is 0 Å². The highest BCUT2D eigenvalue weighted by atomic mass is 79.9. The van der Waals surface area contributed by atoms with Crippen LogP contribution < -0.4 is 5.32 Å². The number of rotatable bonds is 2. The Morgan fingerprint density at radius 2 is 2.33 bits per heavy atom. The van der Waals surface area contributed by atoms with Crippen molar-refractivity contribution in [3.63, 3.8) is 0 Å². The summed E-state index contributed by atoms with van der Waals surface area (Å²) < 4.78 is 0.906. The molecule has 1 aliphatic heterocycles. The van der Waals surface area contributed by atoms with Gasteiger partial charge >= 0.3 is 0 Å². The fraction of sp³-hybridized carbons (Fsp3) is 0.364. The molecule has 1 N–H and O–H groups in total. The lowest BCUT2D eigenvalue weighted by atomic mass is 10.1. The first-order valence-electron chi connectivity index (χ1n) is 4.88. The molecule has 0 aliphatic carbocycles. The third-order valence-corrected chi connectivity index (χ3v) is 3.78. The molecule has 1 aromatic rings. The number of hydrogen-bond donors (Lipinski definition) is 1. The molecule has 0 bridgehead atoms. The van der Waals surface area contributed by atoms with Crippen molar-refractivity contribution in [3.05, 3.63) is 33.3 Å². The minimum Gasteiger partial charge on any atom is -0.353 e. The molecule has 2 nitrogen and oxygen atoms in total. The average Bonchev–Trinajstić information content (AvgIpc) is 2.58. The lowest BCUT2D eigenvalue weighted by Crippen LogP contribution is -2.27. The molecular weight excluding hydrogens is 277 g/mol. The van der Waals surface area contributed by atoms with Crippen molar-refractivity contribution in [2.24, 2.45) is 0 Å². The van der Waals surface area contributed by atoms with Gasteiger partial charge in [0, 0.05) is 16.9 Å². The van der Waals surface area contributed by atoms with Gasteiger partial charge in [0.1, 0.15) is 0 Å². The van der Waals surface area contributed by atoms with Crippen molar-refractivity contribution in [1.82, 2.24) is 5.32 Å². The van der Waals surface area contributed by atoms with Gasteiger partial charge < -0.3 is 5.32 Å². The van der Waals surface area contributed by atoms with Crippen molar-refractivity contribution in [1.29, 1.82) is 0 Å². The molecule has 0 radical (unpaired) electrons. The summed E-state index contributed by atoms with van der Waals surface area (Å²) in [7, 11) is 0. The Morgan fingerprint density at radius 3 is 2.93 bits per heavy atom. The van der Waals surface area contributed by atoms with Crippen molar-refractivity contribution in [3.8, 4) is 0 Å². The SMILES string of the molecule is O=C1CCC(Cc2ccc(Br)c(Cl)c2)N1. The highest BCUT2D eigenvalue weighted by Crippen LogP contribution is 2.24. The van der Waals surface area contributed by atoms with Crippen molar-refractivity contribution in [2.75, 3.05) is 0 Å². The third-order valence-electron chi connectivity index (χ3n) is 2.55. The van der Waals surface area contributed by atoms with Crippen LogP contribution >= 0.6 is 27.5 Å². The molecule has 80 valence electrons. The molecule has 0 saturated carbocycles. The number of nitrogens with one attached hydrogen (secondary N) is 1. The van der Waals surface area contributed by atoms with Crippen LogP contribution in [0.1, 0.15) is 18.4 Å². The molecule has 1 aromatic carbocycles. The zero-order chi connectivity index (χ0) is 10.8. The van der Waals surface area contributed by atoms with Gasteiger partial charge in [-0.05, 0) is 46.5 Å². The maximum Gasteiger partial charge on any atom is 0.220 e. The molecule has 1 amide bonds. The molecule has 0 aromatic heterocycles. The highest BCUT2D eigenvalue weighted by Gasteiger charge is 2.20. The first-order chi connectivity index (χ1) is 7.15. The van der Waals surface area contributed by atoms with Gasteiger partial charge in [-0.3, -0.25) is 4.79 Å². The van der Waals surface area contributed by atoms with E-state index in [0.29, 0.717) is 6.42 Å². The summed E-state index contributed by atoms with van der Waals surface area (Å²) in [5.41, 5.74) is 1.16. The average molecular weight is 289 g/mol. The largest absolute Gasteiger partial charge is 0.353 e. The van der Waals surface area contributed by atoms with Gasteiger partial charge in [-0.15, -0.1) is 0 Å². The second kappa shape index (κ2) is 4.54. The van der Waals surface area contributed by atoms with Crippen LogP contribution in [0.15, 0.2) is 22.7 Å². The Balaban J connectivity index is 2.05. The number of hydrogen-bond acceptors (Lipinski definition) is 1. The van der Waals surface area contributed by atoms with E-state index in [1.54, 1.807) is 0 Å². The standard InChI is InChI=1S/C11H11BrClNO/c12-9-3-1-7(6-10(9)13)5-8-2-4-11(15)14-8/h1,3,6,8H,2,4-5H2,(H,14,15). The molecule has 1 atom stereocenters. The molecule has 1 heterocycles. The van der Waals surface area contributed by atoms with Crippen molar-refractivity contribution < 1.29 is 4.79 Å². The summed E-state index contributed by atoms with van der Waals surface area (Å²) in [6.07, 6.45) is 2.43. The van der Waals surface area contributed by atoms with E-state index in [0.717, 1.165) is 27.9 Å². The summed E-state index contributed by atoms with van der Waals surface area (Å²) >= 11 is 9.34. The molecule has 1 saturated heterocycles. The van der Waals surface area contributed by atoms with E-state index in [1.165, 1.54) is 0 Å². The predicted octanol–water partition coefficient (Wildman–Crippen LogP) is 2.92. The van der Waals surface area contributed by atoms with E-state index in [-0.39, 0.29) is 11.9 Å². The normalized spacial score (nSPS) is 20.4. The minimum atomic E-state index is 0.156. The van der Waals surface area contributed by atoms with E-state index in [1.807, 2.05) is 18.2 Å². The third kappa shape index (κ3) is 2.73. The first kappa shape index (κ1) is 11.0. The maximum absolute atomic E-state index is 11.0. The van der Waals surface area contributed by atoms with Crippen molar-refractivity contribution in [2.45, 2.75) is 25.3 Å². The molecular formula is C11H11BrClNO. The molecule has 2 rings (SSSR count). The second-order valence-electron chi connectivity index (χ2n) is 3.76. The van der Waals surface area contributed by atoms with E-state index in [4.69, 9.17) is 11.6 Å². The second-order valence-corrected chi connectivity index (χ2v) is 5.02. The zero-order valence-corrected chi connectivity index (χ0v) is 10.4. The lowest BCUT2D eigenvalue weighted by Gasteiger charge is -2.10.